The summed E-state index contributed by atoms with van der Waals surface area (Å²) < 4.78 is 8.44. The lowest BCUT2D eigenvalue weighted by Crippen LogP contribution is -2.66. The third-order valence-corrected chi connectivity index (χ3v) is 13.5. The molecule has 0 bridgehead atoms. The Balaban J connectivity index is 1.52. The second kappa shape index (κ2) is 9.26. The van der Waals surface area contributed by atoms with Crippen molar-refractivity contribution in [3.63, 3.8) is 0 Å². The zero-order valence-electron chi connectivity index (χ0n) is 21.8. The van der Waals surface area contributed by atoms with Gasteiger partial charge >= 0.3 is 0 Å². The molecular weight excluding hydrogens is 476 g/mol. The Bertz CT molecular complexity index is 1230. The Morgan fingerprint density at radius 3 is 2.57 bits per heavy atom. The van der Waals surface area contributed by atoms with Crippen molar-refractivity contribution in [2.75, 3.05) is 0 Å². The number of pyridine rings is 1. The summed E-state index contributed by atoms with van der Waals surface area (Å²) in [4.78, 5) is 36.5. The molecule has 3 aromatic rings. The summed E-state index contributed by atoms with van der Waals surface area (Å²) in [6.45, 7) is 16.9. The van der Waals surface area contributed by atoms with Gasteiger partial charge in [0.05, 0.1) is 28.6 Å². The van der Waals surface area contributed by atoms with Crippen LogP contribution >= 0.6 is 11.3 Å². The number of hydrogen-bond acceptors (Lipinski definition) is 6. The van der Waals surface area contributed by atoms with Crippen LogP contribution < -0.4 is 5.32 Å². The Morgan fingerprint density at radius 2 is 1.97 bits per heavy atom. The smallest absolute Gasteiger partial charge is 0.228 e. The van der Waals surface area contributed by atoms with E-state index in [1.807, 2.05) is 42.8 Å². The van der Waals surface area contributed by atoms with Crippen molar-refractivity contribution in [2.45, 2.75) is 77.7 Å². The molecule has 1 aliphatic heterocycles. The summed E-state index contributed by atoms with van der Waals surface area (Å²) in [5, 5.41) is 3.03. The molecule has 0 aliphatic carbocycles. The van der Waals surface area contributed by atoms with Gasteiger partial charge in [0.25, 0.3) is 0 Å². The van der Waals surface area contributed by atoms with Crippen LogP contribution in [0.25, 0.3) is 4.83 Å². The standard InChI is InChI=1S/C26H36N4O3SSi/c1-15(18-10-9-11-27-12-18)22-25-30(14-28-22)13-19(34-25)23(31)16(2)21-20(24(32)29-21)17(3)33-35(7,8)26(4,5)6/h9-17,20-21H,1-8H3,(H,29,32)/t15?,16-,17-,20-,21-/m1/s1. The number of carbonyl (C=O) groups excluding carboxylic acids is 2. The minimum absolute atomic E-state index is 0.0306. The van der Waals surface area contributed by atoms with E-state index in [0.717, 1.165) is 16.1 Å². The lowest BCUT2D eigenvalue weighted by molar-refractivity contribution is -0.141. The lowest BCUT2D eigenvalue weighted by atomic mass is 9.77. The highest BCUT2D eigenvalue weighted by Gasteiger charge is 2.50. The first-order valence-corrected chi connectivity index (χ1v) is 15.9. The van der Waals surface area contributed by atoms with E-state index in [2.05, 4.69) is 56.1 Å². The van der Waals surface area contributed by atoms with Crippen molar-refractivity contribution in [3.05, 3.63) is 53.2 Å². The number of β-lactam (4-membered cyclic amide) rings is 1. The Morgan fingerprint density at radius 1 is 1.26 bits per heavy atom. The first-order valence-electron chi connectivity index (χ1n) is 12.2. The van der Waals surface area contributed by atoms with Crippen LogP contribution in [0.4, 0.5) is 0 Å². The average molecular weight is 513 g/mol. The maximum atomic E-state index is 13.5. The molecule has 0 spiro atoms. The van der Waals surface area contributed by atoms with Crippen LogP contribution in [0, 0.1) is 11.8 Å². The van der Waals surface area contributed by atoms with E-state index in [1.165, 1.54) is 11.3 Å². The molecule has 1 fully saturated rings. The van der Waals surface area contributed by atoms with E-state index in [-0.39, 0.29) is 46.6 Å². The second-order valence-electron chi connectivity index (χ2n) is 11.2. The molecule has 1 aliphatic rings. The van der Waals surface area contributed by atoms with Crippen LogP contribution in [0.1, 0.15) is 68.4 Å². The molecule has 188 valence electrons. The number of aromatic nitrogens is 3. The van der Waals surface area contributed by atoms with Crippen LogP contribution in [0.5, 0.6) is 0 Å². The maximum absolute atomic E-state index is 13.5. The number of hydrogen-bond donors (Lipinski definition) is 1. The molecule has 1 N–H and O–H groups in total. The molecule has 9 heteroatoms. The van der Waals surface area contributed by atoms with Crippen molar-refractivity contribution in [1.82, 2.24) is 19.7 Å². The Kier molecular flexibility index (Phi) is 6.80. The summed E-state index contributed by atoms with van der Waals surface area (Å²) in [6.07, 6.45) is 6.99. The number of fused-ring (bicyclic) bond motifs is 1. The van der Waals surface area contributed by atoms with Gasteiger partial charge in [0.1, 0.15) is 11.2 Å². The molecule has 0 radical (unpaired) electrons. The number of ketones is 1. The van der Waals surface area contributed by atoms with Gasteiger partial charge in [-0.1, -0.05) is 40.7 Å². The normalized spacial score (nSPS) is 21.3. The molecular formula is C26H36N4O3SSi. The highest BCUT2D eigenvalue weighted by atomic mass is 32.1. The quantitative estimate of drug-likeness (QED) is 0.252. The van der Waals surface area contributed by atoms with E-state index >= 15 is 0 Å². The highest BCUT2D eigenvalue weighted by molar-refractivity contribution is 7.19. The molecule has 5 atom stereocenters. The molecule has 0 aromatic carbocycles. The fourth-order valence-corrected chi connectivity index (χ4v) is 7.11. The molecule has 1 saturated heterocycles. The van der Waals surface area contributed by atoms with Crippen molar-refractivity contribution in [3.8, 4) is 0 Å². The maximum Gasteiger partial charge on any atom is 0.228 e. The highest BCUT2D eigenvalue weighted by Crippen LogP contribution is 2.40. The van der Waals surface area contributed by atoms with Crippen molar-refractivity contribution < 1.29 is 14.0 Å². The van der Waals surface area contributed by atoms with E-state index in [9.17, 15) is 9.59 Å². The second-order valence-corrected chi connectivity index (χ2v) is 17.0. The molecule has 1 amide bonds. The Hall–Kier alpha value is -2.36. The van der Waals surface area contributed by atoms with Crippen LogP contribution in [0.2, 0.25) is 18.1 Å². The van der Waals surface area contributed by atoms with Crippen LogP contribution in [0.15, 0.2) is 37.1 Å². The SMILES string of the molecule is CC(c1cccnc1)c1ncn2cc(C(=O)[C@H](C)[C@H]3NC(=O)[C@@H]3[C@@H](C)O[Si](C)(C)C(C)(C)C)sc12. The molecule has 1 unspecified atom stereocenters. The zero-order chi connectivity index (χ0) is 25.7. The van der Waals surface area contributed by atoms with E-state index < -0.39 is 8.32 Å². The lowest BCUT2D eigenvalue weighted by Gasteiger charge is -2.46. The summed E-state index contributed by atoms with van der Waals surface area (Å²) in [5.74, 6) is -0.600. The van der Waals surface area contributed by atoms with E-state index in [1.54, 1.807) is 12.5 Å². The van der Waals surface area contributed by atoms with Crippen LogP contribution in [-0.2, 0) is 9.22 Å². The predicted octanol–water partition coefficient (Wildman–Crippen LogP) is 5.29. The summed E-state index contributed by atoms with van der Waals surface area (Å²) in [5.41, 5.74) is 2.01. The van der Waals surface area contributed by atoms with Gasteiger partial charge in [0.15, 0.2) is 14.1 Å². The van der Waals surface area contributed by atoms with Crippen LogP contribution in [-0.4, -0.2) is 46.5 Å². The Labute approximate surface area is 212 Å². The third kappa shape index (κ3) is 4.73. The van der Waals surface area contributed by atoms with Gasteiger partial charge < -0.3 is 9.74 Å². The van der Waals surface area contributed by atoms with Crippen LogP contribution in [0.3, 0.4) is 0 Å². The first kappa shape index (κ1) is 25.7. The zero-order valence-corrected chi connectivity index (χ0v) is 23.6. The number of thiazole rings is 1. The molecule has 4 heterocycles. The predicted molar refractivity (Wildman–Crippen MR) is 141 cm³/mol. The fraction of sp³-hybridized carbons (Fsp3) is 0.538. The largest absolute Gasteiger partial charge is 0.413 e. The van der Waals surface area contributed by atoms with Gasteiger partial charge in [-0.05, 0) is 36.7 Å². The number of Topliss-reactive ketones (excluding diaryl/α,β-unsaturated/α-hetero) is 1. The molecule has 0 saturated carbocycles. The summed E-state index contributed by atoms with van der Waals surface area (Å²) in [6, 6.07) is 3.73. The van der Waals surface area contributed by atoms with Gasteiger partial charge in [-0.3, -0.25) is 19.0 Å². The molecule has 3 aromatic heterocycles. The first-order chi connectivity index (χ1) is 16.3. The average Bonchev–Trinajstić information content (AvgIpc) is 3.36. The van der Waals surface area contributed by atoms with Gasteiger partial charge in [0, 0.05) is 30.4 Å². The topological polar surface area (TPSA) is 85.6 Å². The summed E-state index contributed by atoms with van der Waals surface area (Å²) in [7, 11) is -2.03. The van der Waals surface area contributed by atoms with Gasteiger partial charge in [-0.25, -0.2) is 4.98 Å². The van der Waals surface area contributed by atoms with Crippen molar-refractivity contribution in [1.29, 1.82) is 0 Å². The number of nitrogens with one attached hydrogen (secondary N) is 1. The van der Waals surface area contributed by atoms with Gasteiger partial charge in [-0.2, -0.15) is 0 Å². The minimum Gasteiger partial charge on any atom is -0.413 e. The van der Waals surface area contributed by atoms with Crippen molar-refractivity contribution in [2.24, 2.45) is 11.8 Å². The number of rotatable bonds is 8. The number of amides is 1. The third-order valence-electron chi connectivity index (χ3n) is 7.82. The van der Waals surface area contributed by atoms with Gasteiger partial charge in [0.2, 0.25) is 5.91 Å². The molecule has 7 nitrogen and oxygen atoms in total. The van der Waals surface area contributed by atoms with Crippen molar-refractivity contribution >= 4 is 36.2 Å². The molecule has 35 heavy (non-hydrogen) atoms. The van der Waals surface area contributed by atoms with E-state index in [0.29, 0.717) is 4.88 Å². The fourth-order valence-electron chi connectivity index (χ4n) is 4.48. The molecule has 4 rings (SSSR count). The van der Waals surface area contributed by atoms with Gasteiger partial charge in [-0.15, -0.1) is 11.3 Å². The minimum atomic E-state index is -2.03. The summed E-state index contributed by atoms with van der Waals surface area (Å²) >= 11 is 1.46. The van der Waals surface area contributed by atoms with E-state index in [4.69, 9.17) is 4.43 Å². The monoisotopic (exact) mass is 512 g/mol. The number of nitrogens with zero attached hydrogens (tertiary/aromatic N) is 3. The number of carbonyl (C=O) groups is 2. The number of imidazole rings is 1.